The van der Waals surface area contributed by atoms with E-state index >= 15 is 0 Å². The molecular weight excluding hydrogens is 232 g/mol. The van der Waals surface area contributed by atoms with Crippen LogP contribution in [0.4, 0.5) is 0 Å². The highest BCUT2D eigenvalue weighted by Crippen LogP contribution is 2.22. The lowest BCUT2D eigenvalue weighted by atomic mass is 9.92. The molecule has 0 radical (unpaired) electrons. The fraction of sp³-hybridized carbons (Fsp3) is 0.538. The van der Waals surface area contributed by atoms with Gasteiger partial charge in [-0.1, -0.05) is 0 Å². The topological polar surface area (TPSA) is 73.7 Å². The Morgan fingerprint density at radius 1 is 1.44 bits per heavy atom. The molecule has 98 valence electrons. The number of aliphatic hydroxyl groups is 1. The number of hydrogen-bond acceptors (Lipinski definition) is 4. The zero-order chi connectivity index (χ0) is 13.1. The molecule has 0 spiro atoms. The molecule has 1 aliphatic heterocycles. The number of likely N-dealkylation sites (tertiary alicyclic amines) is 1. The molecule has 2 N–H and O–H groups in total. The van der Waals surface area contributed by atoms with E-state index < -0.39 is 0 Å². The normalized spacial score (nSPS) is 18.7. The number of hydrogen-bond donors (Lipinski definition) is 2. The van der Waals surface area contributed by atoms with Crippen molar-refractivity contribution in [3.63, 3.8) is 0 Å². The van der Waals surface area contributed by atoms with Crippen LogP contribution in [0, 0.1) is 5.92 Å². The summed E-state index contributed by atoms with van der Waals surface area (Å²) in [6.45, 7) is 3.08. The molecule has 2 heterocycles. The van der Waals surface area contributed by atoms with Crippen LogP contribution in [0.25, 0.3) is 0 Å². The Bertz CT molecular complexity index is 426. The fourth-order valence-electron chi connectivity index (χ4n) is 2.31. The molecule has 18 heavy (non-hydrogen) atoms. The van der Waals surface area contributed by atoms with Crippen molar-refractivity contribution in [2.24, 2.45) is 5.92 Å². The van der Waals surface area contributed by atoms with Gasteiger partial charge in [-0.2, -0.15) is 0 Å². The predicted molar refractivity (Wildman–Crippen MR) is 66.2 cm³/mol. The standard InChI is InChI=1S/C13H18N2O3/c1-9(16)10-2-4-15(5-3-10)13(18)11-6-12(17)8-14-7-11/h6-10,16-17H,2-5H2,1H3. The predicted octanol–water partition coefficient (Wildman–Crippen LogP) is 1.02. The Hall–Kier alpha value is -1.62. The van der Waals surface area contributed by atoms with Crippen molar-refractivity contribution in [1.82, 2.24) is 9.88 Å². The van der Waals surface area contributed by atoms with Crippen LogP contribution in [0.2, 0.25) is 0 Å². The molecule has 1 saturated heterocycles. The van der Waals surface area contributed by atoms with Gasteiger partial charge in [0.25, 0.3) is 5.91 Å². The maximum Gasteiger partial charge on any atom is 0.255 e. The Balaban J connectivity index is 1.99. The number of aromatic nitrogens is 1. The summed E-state index contributed by atoms with van der Waals surface area (Å²) in [6.07, 6.45) is 4.08. The molecule has 1 unspecified atom stereocenters. The largest absolute Gasteiger partial charge is 0.506 e. The smallest absolute Gasteiger partial charge is 0.255 e. The highest BCUT2D eigenvalue weighted by atomic mass is 16.3. The van der Waals surface area contributed by atoms with Crippen LogP contribution in [-0.2, 0) is 0 Å². The Kier molecular flexibility index (Phi) is 3.81. The van der Waals surface area contributed by atoms with Crippen molar-refractivity contribution >= 4 is 5.91 Å². The molecule has 1 aliphatic rings. The van der Waals surface area contributed by atoms with Crippen LogP contribution < -0.4 is 0 Å². The minimum absolute atomic E-state index is 0.000263. The lowest BCUT2D eigenvalue weighted by molar-refractivity contribution is 0.0521. The molecule has 2 rings (SSSR count). The van der Waals surface area contributed by atoms with Gasteiger partial charge in [-0.15, -0.1) is 0 Å². The molecule has 5 heteroatoms. The Morgan fingerprint density at radius 2 is 2.11 bits per heavy atom. The van der Waals surface area contributed by atoms with Crippen LogP contribution in [0.3, 0.4) is 0 Å². The van der Waals surface area contributed by atoms with Gasteiger partial charge in [0.2, 0.25) is 0 Å². The molecule has 1 aromatic rings. The second kappa shape index (κ2) is 5.35. The molecule has 0 saturated carbocycles. The summed E-state index contributed by atoms with van der Waals surface area (Å²) in [5, 5.41) is 18.8. The van der Waals surface area contributed by atoms with Crippen LogP contribution >= 0.6 is 0 Å². The summed E-state index contributed by atoms with van der Waals surface area (Å²) in [5.41, 5.74) is 0.408. The summed E-state index contributed by atoms with van der Waals surface area (Å²) >= 11 is 0. The van der Waals surface area contributed by atoms with E-state index in [1.165, 1.54) is 18.5 Å². The zero-order valence-corrected chi connectivity index (χ0v) is 10.4. The van der Waals surface area contributed by atoms with Crippen LogP contribution in [0.1, 0.15) is 30.1 Å². The number of piperidine rings is 1. The second-order valence-corrected chi connectivity index (χ2v) is 4.80. The first kappa shape index (κ1) is 12.8. The summed E-state index contributed by atoms with van der Waals surface area (Å²) in [7, 11) is 0. The van der Waals surface area contributed by atoms with Crippen molar-refractivity contribution < 1.29 is 15.0 Å². The quantitative estimate of drug-likeness (QED) is 0.822. The first-order chi connectivity index (χ1) is 8.58. The minimum atomic E-state index is -0.315. The molecule has 1 amide bonds. The number of carbonyl (C=O) groups excluding carboxylic acids is 1. The van der Waals surface area contributed by atoms with Crippen LogP contribution in [0.15, 0.2) is 18.5 Å². The highest BCUT2D eigenvalue weighted by molar-refractivity contribution is 5.94. The van der Waals surface area contributed by atoms with Crippen LogP contribution in [-0.4, -0.2) is 45.2 Å². The molecule has 5 nitrogen and oxygen atoms in total. The number of aliphatic hydroxyl groups excluding tert-OH is 1. The lowest BCUT2D eigenvalue weighted by Gasteiger charge is -2.33. The van der Waals surface area contributed by atoms with Gasteiger partial charge in [-0.3, -0.25) is 9.78 Å². The number of carbonyl (C=O) groups is 1. The number of amides is 1. The van der Waals surface area contributed by atoms with E-state index in [1.54, 1.807) is 11.8 Å². The maximum absolute atomic E-state index is 12.1. The highest BCUT2D eigenvalue weighted by Gasteiger charge is 2.26. The van der Waals surface area contributed by atoms with Gasteiger partial charge in [0.15, 0.2) is 0 Å². The first-order valence-electron chi connectivity index (χ1n) is 6.19. The van der Waals surface area contributed by atoms with Crippen molar-refractivity contribution in [2.75, 3.05) is 13.1 Å². The number of nitrogens with zero attached hydrogens (tertiary/aromatic N) is 2. The molecule has 0 aliphatic carbocycles. The average Bonchev–Trinajstić information content (AvgIpc) is 2.38. The van der Waals surface area contributed by atoms with Gasteiger partial charge in [-0.05, 0) is 31.7 Å². The van der Waals surface area contributed by atoms with Gasteiger partial charge in [0, 0.05) is 19.3 Å². The summed E-state index contributed by atoms with van der Waals surface area (Å²) in [6, 6.07) is 1.43. The zero-order valence-electron chi connectivity index (χ0n) is 10.4. The third kappa shape index (κ3) is 2.79. The molecule has 1 fully saturated rings. The van der Waals surface area contributed by atoms with Gasteiger partial charge in [0.1, 0.15) is 5.75 Å². The van der Waals surface area contributed by atoms with Gasteiger partial charge >= 0.3 is 0 Å². The third-order valence-corrected chi connectivity index (χ3v) is 3.48. The monoisotopic (exact) mass is 250 g/mol. The van der Waals surface area contributed by atoms with Gasteiger partial charge in [0.05, 0.1) is 17.9 Å². The molecule has 1 atom stereocenters. The van der Waals surface area contributed by atoms with E-state index in [2.05, 4.69) is 4.98 Å². The summed E-state index contributed by atoms with van der Waals surface area (Å²) in [5.74, 6) is 0.165. The van der Waals surface area contributed by atoms with E-state index in [0.29, 0.717) is 18.7 Å². The Labute approximate surface area is 106 Å². The van der Waals surface area contributed by atoms with E-state index in [-0.39, 0.29) is 23.7 Å². The fourth-order valence-corrected chi connectivity index (χ4v) is 2.31. The Morgan fingerprint density at radius 3 is 2.67 bits per heavy atom. The lowest BCUT2D eigenvalue weighted by Crippen LogP contribution is -2.40. The summed E-state index contributed by atoms with van der Waals surface area (Å²) < 4.78 is 0. The molecule has 1 aromatic heterocycles. The van der Waals surface area contributed by atoms with Crippen LogP contribution in [0.5, 0.6) is 5.75 Å². The van der Waals surface area contributed by atoms with Gasteiger partial charge in [-0.25, -0.2) is 0 Å². The van der Waals surface area contributed by atoms with Gasteiger partial charge < -0.3 is 15.1 Å². The van der Waals surface area contributed by atoms with Crippen molar-refractivity contribution in [3.05, 3.63) is 24.0 Å². The van der Waals surface area contributed by atoms with E-state index in [4.69, 9.17) is 0 Å². The van der Waals surface area contributed by atoms with E-state index in [0.717, 1.165) is 12.8 Å². The second-order valence-electron chi connectivity index (χ2n) is 4.80. The van der Waals surface area contributed by atoms with Crippen molar-refractivity contribution in [2.45, 2.75) is 25.9 Å². The first-order valence-corrected chi connectivity index (χ1v) is 6.19. The summed E-state index contributed by atoms with van der Waals surface area (Å²) in [4.78, 5) is 17.7. The molecule has 0 bridgehead atoms. The number of rotatable bonds is 2. The minimum Gasteiger partial charge on any atom is -0.506 e. The van der Waals surface area contributed by atoms with E-state index in [1.807, 2.05) is 0 Å². The third-order valence-electron chi connectivity index (χ3n) is 3.48. The van der Waals surface area contributed by atoms with Crippen molar-refractivity contribution in [1.29, 1.82) is 0 Å². The number of pyridine rings is 1. The SMILES string of the molecule is CC(O)C1CCN(C(=O)c2cncc(O)c2)CC1. The molecular formula is C13H18N2O3. The maximum atomic E-state index is 12.1. The number of aromatic hydroxyl groups is 1. The molecule has 0 aromatic carbocycles. The van der Waals surface area contributed by atoms with Crippen molar-refractivity contribution in [3.8, 4) is 5.75 Å². The van der Waals surface area contributed by atoms with E-state index in [9.17, 15) is 15.0 Å². The average molecular weight is 250 g/mol.